The van der Waals surface area contributed by atoms with Crippen molar-refractivity contribution in [3.8, 4) is 17.1 Å². The number of Topliss-reactive ketones (excluding diaryl/α,β-unsaturated/α-hetero) is 1. The Kier molecular flexibility index (Phi) is 6.85. The predicted molar refractivity (Wildman–Crippen MR) is 120 cm³/mol. The van der Waals surface area contributed by atoms with Crippen LogP contribution in [0.5, 0.6) is 5.75 Å². The molecule has 0 N–H and O–H groups in total. The van der Waals surface area contributed by atoms with Crippen molar-refractivity contribution in [2.75, 3.05) is 20.2 Å². The number of carbonyl (C=O) groups excluding carboxylic acids is 2. The summed E-state index contributed by atoms with van der Waals surface area (Å²) in [5.41, 5.74) is 1.49. The number of aromatic nitrogens is 2. The third-order valence-corrected chi connectivity index (χ3v) is 5.97. The van der Waals surface area contributed by atoms with Crippen molar-refractivity contribution in [3.05, 3.63) is 65.0 Å². The number of nitrogens with zero attached hydrogens (tertiary/aromatic N) is 3. The zero-order valence-electron chi connectivity index (χ0n) is 17.8. The summed E-state index contributed by atoms with van der Waals surface area (Å²) < 4.78 is 10.4. The lowest BCUT2D eigenvalue weighted by Gasteiger charge is -2.31. The van der Waals surface area contributed by atoms with Gasteiger partial charge in [-0.15, -0.1) is 0 Å². The van der Waals surface area contributed by atoms with E-state index in [1.54, 1.807) is 43.5 Å². The Labute approximate surface area is 191 Å². The molecule has 1 saturated heterocycles. The number of amides is 1. The molecule has 2 aromatic carbocycles. The topological polar surface area (TPSA) is 85.5 Å². The van der Waals surface area contributed by atoms with Crippen LogP contribution in [0.25, 0.3) is 11.4 Å². The fourth-order valence-electron chi connectivity index (χ4n) is 3.83. The molecule has 1 fully saturated rings. The van der Waals surface area contributed by atoms with Crippen molar-refractivity contribution in [2.24, 2.45) is 5.92 Å². The van der Waals surface area contributed by atoms with Crippen LogP contribution in [-0.2, 0) is 11.2 Å². The Morgan fingerprint density at radius 3 is 2.44 bits per heavy atom. The molecule has 1 aromatic heterocycles. The molecule has 0 saturated carbocycles. The fraction of sp³-hybridized carbons (Fsp3) is 0.333. The maximum Gasteiger partial charge on any atom is 0.227 e. The molecular weight excluding hydrogens is 430 g/mol. The van der Waals surface area contributed by atoms with Crippen LogP contribution in [0.2, 0.25) is 5.02 Å². The molecule has 32 heavy (non-hydrogen) atoms. The van der Waals surface area contributed by atoms with Gasteiger partial charge in [0.05, 0.1) is 7.11 Å². The summed E-state index contributed by atoms with van der Waals surface area (Å²) in [5.74, 6) is 1.72. The van der Waals surface area contributed by atoms with Crippen molar-refractivity contribution in [3.63, 3.8) is 0 Å². The van der Waals surface area contributed by atoms with Crippen molar-refractivity contribution < 1.29 is 18.8 Å². The molecule has 0 bridgehead atoms. The number of benzene rings is 2. The summed E-state index contributed by atoms with van der Waals surface area (Å²) >= 11 is 5.90. The third-order valence-electron chi connectivity index (χ3n) is 5.72. The lowest BCUT2D eigenvalue weighted by molar-refractivity contribution is -0.132. The van der Waals surface area contributed by atoms with E-state index < -0.39 is 0 Å². The van der Waals surface area contributed by atoms with Crippen LogP contribution in [-0.4, -0.2) is 46.9 Å². The number of rotatable bonds is 7. The maximum atomic E-state index is 12.7. The van der Waals surface area contributed by atoms with Crippen molar-refractivity contribution in [1.29, 1.82) is 0 Å². The Morgan fingerprint density at radius 1 is 1.09 bits per heavy atom. The molecule has 1 amide bonds. The molecule has 4 rings (SSSR count). The van der Waals surface area contributed by atoms with E-state index in [0.717, 1.165) is 11.3 Å². The van der Waals surface area contributed by atoms with Gasteiger partial charge in [-0.2, -0.15) is 4.98 Å². The van der Waals surface area contributed by atoms with Crippen LogP contribution >= 0.6 is 11.6 Å². The van der Waals surface area contributed by atoms with E-state index in [0.29, 0.717) is 61.1 Å². The summed E-state index contributed by atoms with van der Waals surface area (Å²) in [6.07, 6.45) is 2.00. The average Bonchev–Trinajstić information content (AvgIpc) is 3.32. The van der Waals surface area contributed by atoms with Gasteiger partial charge in [-0.05, 0) is 61.4 Å². The molecule has 0 radical (unpaired) electrons. The minimum Gasteiger partial charge on any atom is -0.497 e. The monoisotopic (exact) mass is 453 g/mol. The van der Waals surface area contributed by atoms with Gasteiger partial charge in [0.1, 0.15) is 5.75 Å². The Bertz CT molecular complexity index is 1070. The van der Waals surface area contributed by atoms with Crippen molar-refractivity contribution >= 4 is 23.3 Å². The van der Waals surface area contributed by atoms with Gasteiger partial charge >= 0.3 is 0 Å². The molecular formula is C24H24ClN3O4. The van der Waals surface area contributed by atoms with Crippen LogP contribution in [0, 0.1) is 5.92 Å². The molecule has 7 nitrogen and oxygen atoms in total. The number of piperidine rings is 1. The number of methoxy groups -OCH3 is 1. The summed E-state index contributed by atoms with van der Waals surface area (Å²) in [6, 6.07) is 14.3. The van der Waals surface area contributed by atoms with Gasteiger partial charge < -0.3 is 14.2 Å². The normalized spacial score (nSPS) is 14.4. The van der Waals surface area contributed by atoms with Crippen LogP contribution in [0.15, 0.2) is 53.1 Å². The van der Waals surface area contributed by atoms with Gasteiger partial charge in [-0.3, -0.25) is 9.59 Å². The van der Waals surface area contributed by atoms with E-state index in [-0.39, 0.29) is 17.6 Å². The zero-order valence-corrected chi connectivity index (χ0v) is 18.5. The molecule has 0 spiro atoms. The molecule has 0 atom stereocenters. The lowest BCUT2D eigenvalue weighted by atomic mass is 9.88. The van der Waals surface area contributed by atoms with Gasteiger partial charge in [0, 0.05) is 48.0 Å². The highest BCUT2D eigenvalue weighted by molar-refractivity contribution is 6.30. The second-order valence-corrected chi connectivity index (χ2v) is 8.20. The number of hydrogen-bond acceptors (Lipinski definition) is 6. The SMILES string of the molecule is COc1ccc(C(=O)C2CCN(C(=O)CCc3nc(-c4ccc(Cl)cc4)no3)CC2)cc1. The smallest absolute Gasteiger partial charge is 0.227 e. The maximum absolute atomic E-state index is 12.7. The van der Waals surface area contributed by atoms with Gasteiger partial charge in [-0.1, -0.05) is 16.8 Å². The quantitative estimate of drug-likeness (QED) is 0.491. The first kappa shape index (κ1) is 22.0. The number of likely N-dealkylation sites (tertiary alicyclic amines) is 1. The van der Waals surface area contributed by atoms with Crippen LogP contribution in [0.1, 0.15) is 35.5 Å². The third kappa shape index (κ3) is 5.16. The number of hydrogen-bond donors (Lipinski definition) is 0. The van der Waals surface area contributed by atoms with E-state index in [1.807, 2.05) is 17.0 Å². The van der Waals surface area contributed by atoms with Gasteiger partial charge in [0.15, 0.2) is 5.78 Å². The predicted octanol–water partition coefficient (Wildman–Crippen LogP) is 4.45. The van der Waals surface area contributed by atoms with Gasteiger partial charge in [0.25, 0.3) is 0 Å². The number of ketones is 1. The lowest BCUT2D eigenvalue weighted by Crippen LogP contribution is -2.40. The average molecular weight is 454 g/mol. The van der Waals surface area contributed by atoms with E-state index >= 15 is 0 Å². The number of carbonyl (C=O) groups is 2. The molecule has 0 unspecified atom stereocenters. The highest BCUT2D eigenvalue weighted by Gasteiger charge is 2.28. The minimum atomic E-state index is -0.0645. The van der Waals surface area contributed by atoms with Crippen LogP contribution in [0.3, 0.4) is 0 Å². The standard InChI is InChI=1S/C24H24ClN3O4/c1-31-20-8-4-16(5-9-20)23(30)17-12-14-28(15-13-17)22(29)11-10-21-26-24(27-32-21)18-2-6-19(25)7-3-18/h2-9,17H,10-15H2,1H3. The largest absolute Gasteiger partial charge is 0.497 e. The molecule has 2 heterocycles. The first-order valence-corrected chi connectivity index (χ1v) is 11.0. The summed E-state index contributed by atoms with van der Waals surface area (Å²) in [4.78, 5) is 31.5. The molecule has 0 aliphatic carbocycles. The number of halogens is 1. The van der Waals surface area contributed by atoms with Crippen molar-refractivity contribution in [1.82, 2.24) is 15.0 Å². The van der Waals surface area contributed by atoms with Crippen LogP contribution < -0.4 is 4.74 Å². The fourth-order valence-corrected chi connectivity index (χ4v) is 3.95. The number of ether oxygens (including phenoxy) is 1. The zero-order chi connectivity index (χ0) is 22.5. The summed E-state index contributed by atoms with van der Waals surface area (Å²) in [6.45, 7) is 1.15. The first-order valence-electron chi connectivity index (χ1n) is 10.6. The van der Waals surface area contributed by atoms with Crippen molar-refractivity contribution in [2.45, 2.75) is 25.7 Å². The molecule has 3 aromatic rings. The Morgan fingerprint density at radius 2 is 1.78 bits per heavy atom. The minimum absolute atomic E-state index is 0.0339. The summed E-state index contributed by atoms with van der Waals surface area (Å²) in [5, 5.41) is 4.61. The highest BCUT2D eigenvalue weighted by Crippen LogP contribution is 2.24. The molecule has 166 valence electrons. The van der Waals surface area contributed by atoms with E-state index in [9.17, 15) is 9.59 Å². The van der Waals surface area contributed by atoms with Crippen LogP contribution in [0.4, 0.5) is 0 Å². The van der Waals surface area contributed by atoms with Gasteiger partial charge in [-0.25, -0.2) is 0 Å². The van der Waals surface area contributed by atoms with E-state index in [4.69, 9.17) is 20.9 Å². The second kappa shape index (κ2) is 9.96. The Hall–Kier alpha value is -3.19. The number of aryl methyl sites for hydroxylation is 1. The first-order chi connectivity index (χ1) is 15.5. The second-order valence-electron chi connectivity index (χ2n) is 7.77. The molecule has 8 heteroatoms. The molecule has 1 aliphatic rings. The van der Waals surface area contributed by atoms with Gasteiger partial charge in [0.2, 0.25) is 17.6 Å². The summed E-state index contributed by atoms with van der Waals surface area (Å²) in [7, 11) is 1.60. The van der Waals surface area contributed by atoms with E-state index in [2.05, 4.69) is 10.1 Å². The van der Waals surface area contributed by atoms with E-state index in [1.165, 1.54) is 0 Å². The Balaban J connectivity index is 1.26. The highest BCUT2D eigenvalue weighted by atomic mass is 35.5. The molecule has 1 aliphatic heterocycles.